The number of thiophene rings is 1. The van der Waals surface area contributed by atoms with Gasteiger partial charge in [0.1, 0.15) is 17.6 Å². The molecule has 0 aromatic carbocycles. The number of sulfone groups is 1. The molecule has 214 valence electrons. The number of fused-ring (bicyclic) bond motifs is 1. The van der Waals surface area contributed by atoms with Crippen molar-refractivity contribution < 1.29 is 35.2 Å². The molecule has 0 bridgehead atoms. The van der Waals surface area contributed by atoms with E-state index >= 15 is 0 Å². The molecule has 2 saturated carbocycles. The second kappa shape index (κ2) is 10.6. The molecule has 0 radical (unpaired) electrons. The first-order valence-electron chi connectivity index (χ1n) is 13.0. The molecule has 3 aliphatic rings. The monoisotopic (exact) mass is 608 g/mol. The number of hydrogen-bond donors (Lipinski definition) is 0. The van der Waals surface area contributed by atoms with Gasteiger partial charge in [-0.15, -0.1) is 11.3 Å². The highest BCUT2D eigenvalue weighted by Crippen LogP contribution is 2.46. The average molecular weight is 609 g/mol. The van der Waals surface area contributed by atoms with Gasteiger partial charge in [-0.2, -0.15) is 5.10 Å². The Morgan fingerprint density at radius 3 is 2.54 bits per heavy atom. The normalized spacial score (nSPS) is 24.4. The lowest BCUT2D eigenvalue weighted by Crippen LogP contribution is -2.39. The standard InChI is InChI=1S/C26H29F5N2O3S3/c1-33-15(7-20(32-33)25(28)29)6-16(37)4-13-2-3-22-18(5-13)24(23(38-22)9-21(34)17-8-19(17)27)39(35,36)12-14-10-26(30,31)11-14/h7,13-14,17,19,25H,2-6,8-12H2,1H3/t13-,17+,19+/m1/s1. The molecule has 2 heterocycles. The first kappa shape index (κ1) is 28.8. The number of rotatable bonds is 11. The minimum Gasteiger partial charge on any atom is -0.299 e. The van der Waals surface area contributed by atoms with Crippen LogP contribution in [0.3, 0.4) is 0 Å². The van der Waals surface area contributed by atoms with E-state index in [-0.39, 0.29) is 41.6 Å². The van der Waals surface area contributed by atoms with Crippen LogP contribution in [-0.4, -0.2) is 46.7 Å². The van der Waals surface area contributed by atoms with Gasteiger partial charge >= 0.3 is 0 Å². The molecule has 2 fully saturated rings. The first-order valence-corrected chi connectivity index (χ1v) is 15.8. The lowest BCUT2D eigenvalue weighted by atomic mass is 9.83. The predicted molar refractivity (Wildman–Crippen MR) is 140 cm³/mol. The van der Waals surface area contributed by atoms with Gasteiger partial charge in [0.2, 0.25) is 5.92 Å². The quantitative estimate of drug-likeness (QED) is 0.238. The number of nitrogens with zero attached hydrogens (tertiary/aromatic N) is 2. The van der Waals surface area contributed by atoms with Gasteiger partial charge in [-0.25, -0.2) is 30.4 Å². The van der Waals surface area contributed by atoms with Crippen LogP contribution in [0.5, 0.6) is 0 Å². The third-order valence-corrected chi connectivity index (χ3v) is 11.7. The third-order valence-electron chi connectivity index (χ3n) is 7.90. The number of carbonyl (C=O) groups is 1. The highest BCUT2D eigenvalue weighted by molar-refractivity contribution is 7.91. The number of carbonyl (C=O) groups excluding carboxylic acids is 1. The van der Waals surface area contributed by atoms with Crippen molar-refractivity contribution in [2.24, 2.45) is 24.8 Å². The molecular weight excluding hydrogens is 579 g/mol. The lowest BCUT2D eigenvalue weighted by molar-refractivity contribution is -0.119. The van der Waals surface area contributed by atoms with Crippen molar-refractivity contribution in [1.29, 1.82) is 0 Å². The van der Waals surface area contributed by atoms with Crippen molar-refractivity contribution in [1.82, 2.24) is 9.78 Å². The second-order valence-electron chi connectivity index (χ2n) is 11.2. The third kappa shape index (κ3) is 6.29. The summed E-state index contributed by atoms with van der Waals surface area (Å²) in [4.78, 5) is 14.6. The van der Waals surface area contributed by atoms with Crippen molar-refractivity contribution in [3.8, 4) is 0 Å². The van der Waals surface area contributed by atoms with Crippen molar-refractivity contribution >= 4 is 44.0 Å². The van der Waals surface area contributed by atoms with E-state index in [2.05, 4.69) is 5.10 Å². The van der Waals surface area contributed by atoms with Crippen LogP contribution in [-0.2, 0) is 47.4 Å². The Bertz CT molecular complexity index is 1390. The number of aryl methyl sites for hydroxylation is 2. The molecule has 5 nitrogen and oxygen atoms in total. The Balaban J connectivity index is 1.35. The number of ketones is 1. The van der Waals surface area contributed by atoms with Crippen LogP contribution in [0.4, 0.5) is 22.0 Å². The number of aromatic nitrogens is 2. The smallest absolute Gasteiger partial charge is 0.282 e. The predicted octanol–water partition coefficient (Wildman–Crippen LogP) is 5.82. The molecule has 3 atom stereocenters. The summed E-state index contributed by atoms with van der Waals surface area (Å²) in [5.74, 6) is -4.92. The molecule has 0 unspecified atom stereocenters. The molecule has 0 saturated heterocycles. The topological polar surface area (TPSA) is 69.0 Å². The SMILES string of the molecule is Cn1nc(C(F)F)cc1CC(=S)C[C@H]1CCc2sc(CC(=O)[C@H]3C[C@@H]3F)c(S(=O)(=O)CC3CC(F)(F)C3)c2C1. The van der Waals surface area contributed by atoms with Crippen molar-refractivity contribution in [3.05, 3.63) is 32.8 Å². The zero-order valence-electron chi connectivity index (χ0n) is 21.3. The summed E-state index contributed by atoms with van der Waals surface area (Å²) in [6.07, 6.45) is -2.36. The summed E-state index contributed by atoms with van der Waals surface area (Å²) in [5, 5.41) is 3.81. The summed E-state index contributed by atoms with van der Waals surface area (Å²) in [7, 11) is -2.38. The van der Waals surface area contributed by atoms with E-state index in [1.165, 1.54) is 22.1 Å². The molecular formula is C26H29F5N2O3S3. The molecule has 5 rings (SSSR count). The minimum absolute atomic E-state index is 0.00610. The molecule has 13 heteroatoms. The minimum atomic E-state index is -3.96. The first-order chi connectivity index (χ1) is 18.2. The van der Waals surface area contributed by atoms with Crippen LogP contribution in [0.25, 0.3) is 0 Å². The van der Waals surface area contributed by atoms with Gasteiger partial charge in [-0.3, -0.25) is 9.48 Å². The molecule has 0 aliphatic heterocycles. The number of alkyl halides is 5. The maximum absolute atomic E-state index is 13.6. The Labute approximate surface area is 233 Å². The number of thiocarbonyl (C=S) groups is 1. The van der Waals surface area contributed by atoms with E-state index in [4.69, 9.17) is 12.2 Å². The van der Waals surface area contributed by atoms with Crippen LogP contribution in [0, 0.1) is 17.8 Å². The van der Waals surface area contributed by atoms with Gasteiger partial charge in [-0.1, -0.05) is 12.2 Å². The van der Waals surface area contributed by atoms with E-state index < -0.39 is 58.8 Å². The van der Waals surface area contributed by atoms with E-state index in [1.54, 1.807) is 7.05 Å². The fourth-order valence-corrected chi connectivity index (χ4v) is 10.1. The van der Waals surface area contributed by atoms with Gasteiger partial charge < -0.3 is 0 Å². The maximum atomic E-state index is 13.6. The molecule has 3 aliphatic carbocycles. The van der Waals surface area contributed by atoms with Gasteiger partial charge in [0.15, 0.2) is 9.84 Å². The molecule has 0 N–H and O–H groups in total. The van der Waals surface area contributed by atoms with E-state index in [9.17, 15) is 35.2 Å². The molecule has 0 amide bonds. The van der Waals surface area contributed by atoms with Crippen LogP contribution in [0.2, 0.25) is 0 Å². The fourth-order valence-electron chi connectivity index (χ4n) is 5.82. The van der Waals surface area contributed by atoms with E-state index in [0.29, 0.717) is 40.3 Å². The molecule has 0 spiro atoms. The van der Waals surface area contributed by atoms with E-state index in [1.807, 2.05) is 0 Å². The number of hydrogen-bond acceptors (Lipinski definition) is 6. The Hall–Kier alpha value is -1.73. The highest BCUT2D eigenvalue weighted by Gasteiger charge is 2.48. The number of halogens is 5. The van der Waals surface area contributed by atoms with Crippen LogP contribution in [0.1, 0.15) is 65.2 Å². The number of Topliss-reactive ketones (excluding diaryl/α,β-unsaturated/α-hetero) is 1. The van der Waals surface area contributed by atoms with Crippen molar-refractivity contribution in [2.75, 3.05) is 5.75 Å². The Morgan fingerprint density at radius 1 is 1.26 bits per heavy atom. The Kier molecular flexibility index (Phi) is 7.82. The summed E-state index contributed by atoms with van der Waals surface area (Å²) in [6.45, 7) is 0. The van der Waals surface area contributed by atoms with Crippen LogP contribution >= 0.6 is 23.6 Å². The molecule has 2 aromatic heterocycles. The lowest BCUT2D eigenvalue weighted by Gasteiger charge is -2.34. The summed E-state index contributed by atoms with van der Waals surface area (Å²) in [6, 6.07) is 1.33. The molecule has 2 aromatic rings. The zero-order chi connectivity index (χ0) is 28.3. The summed E-state index contributed by atoms with van der Waals surface area (Å²) < 4.78 is 94.9. The van der Waals surface area contributed by atoms with Gasteiger partial charge in [0.05, 0.1) is 16.6 Å². The molecule has 39 heavy (non-hydrogen) atoms. The Morgan fingerprint density at radius 2 is 1.95 bits per heavy atom. The van der Waals surface area contributed by atoms with Crippen LogP contribution < -0.4 is 0 Å². The van der Waals surface area contributed by atoms with Gasteiger partial charge in [0, 0.05) is 48.2 Å². The van der Waals surface area contributed by atoms with Gasteiger partial charge in [-0.05, 0) is 60.4 Å². The van der Waals surface area contributed by atoms with Crippen LogP contribution in [0.15, 0.2) is 11.0 Å². The van der Waals surface area contributed by atoms with E-state index in [0.717, 1.165) is 11.3 Å². The second-order valence-corrected chi connectivity index (χ2v) is 14.9. The van der Waals surface area contributed by atoms with Crippen molar-refractivity contribution in [3.63, 3.8) is 0 Å². The van der Waals surface area contributed by atoms with Gasteiger partial charge in [0.25, 0.3) is 6.43 Å². The average Bonchev–Trinajstić information content (AvgIpc) is 3.26. The largest absolute Gasteiger partial charge is 0.299 e. The zero-order valence-corrected chi connectivity index (χ0v) is 23.7. The maximum Gasteiger partial charge on any atom is 0.282 e. The summed E-state index contributed by atoms with van der Waals surface area (Å²) in [5.41, 5.74) is 0.873. The summed E-state index contributed by atoms with van der Waals surface area (Å²) >= 11 is 6.83. The van der Waals surface area contributed by atoms with Crippen molar-refractivity contribution in [2.45, 2.75) is 81.2 Å². The fraction of sp³-hybridized carbons (Fsp3) is 0.654. The highest BCUT2D eigenvalue weighted by atomic mass is 32.2.